The number of fused-ring (bicyclic) bond motifs is 5. The van der Waals surface area contributed by atoms with Crippen molar-refractivity contribution in [2.24, 2.45) is 13.0 Å². The Hall–Kier alpha value is -6.78. The van der Waals surface area contributed by atoms with Crippen molar-refractivity contribution in [1.82, 2.24) is 28.5 Å². The highest BCUT2D eigenvalue weighted by Gasteiger charge is 2.68. The topological polar surface area (TPSA) is 181 Å². The molecule has 2 aromatic heterocycles. The zero-order valence-electron chi connectivity index (χ0n) is 33.8. The van der Waals surface area contributed by atoms with Gasteiger partial charge in [-0.3, -0.25) is 19.8 Å². The zero-order chi connectivity index (χ0) is 43.8. The number of hydrogen-bond donors (Lipinski definition) is 2. The fraction of sp³-hybridized carbons (Fsp3) is 0.273. The van der Waals surface area contributed by atoms with Crippen molar-refractivity contribution in [2.45, 2.75) is 43.3 Å². The number of carbonyl (C=O) groups excluding carboxylic acids is 2. The lowest BCUT2D eigenvalue weighted by atomic mass is 9.53. The van der Waals surface area contributed by atoms with Gasteiger partial charge in [0, 0.05) is 43.1 Å². The number of ether oxygens (including phenoxy) is 3. The lowest BCUT2D eigenvalue weighted by Crippen LogP contribution is -2.53. The summed E-state index contributed by atoms with van der Waals surface area (Å²) in [7, 11) is 6.10. The van der Waals surface area contributed by atoms with E-state index >= 15 is 4.79 Å². The number of rotatable bonds is 10. The third-order valence-corrected chi connectivity index (χ3v) is 12.9. The van der Waals surface area contributed by atoms with Gasteiger partial charge >= 0.3 is 11.4 Å². The zero-order valence-corrected chi connectivity index (χ0v) is 35.3. The Labute approximate surface area is 362 Å². The van der Waals surface area contributed by atoms with Crippen molar-refractivity contribution in [3.05, 3.63) is 149 Å². The van der Waals surface area contributed by atoms with Crippen LogP contribution in [-0.2, 0) is 41.6 Å². The molecular formula is C44H39Cl2N7O9. The number of anilines is 1. The van der Waals surface area contributed by atoms with Crippen LogP contribution in [0.5, 0.6) is 23.0 Å². The number of carbonyl (C=O) groups is 2. The minimum absolute atomic E-state index is 0.0139. The highest BCUT2D eigenvalue weighted by atomic mass is 35.5. The number of benzene rings is 4. The first-order chi connectivity index (χ1) is 29.8. The molecular weight excluding hydrogens is 841 g/mol. The number of aromatic nitrogens is 5. The van der Waals surface area contributed by atoms with E-state index < -0.39 is 52.0 Å². The van der Waals surface area contributed by atoms with Gasteiger partial charge in [-0.1, -0.05) is 53.5 Å². The molecule has 0 bridgehead atoms. The molecule has 0 radical (unpaired) electrons. The molecule has 0 spiro atoms. The number of halogens is 2. The molecule has 4 heterocycles. The Morgan fingerprint density at radius 3 is 2.26 bits per heavy atom. The van der Waals surface area contributed by atoms with E-state index in [1.165, 1.54) is 53.5 Å². The molecule has 1 saturated heterocycles. The third-order valence-electron chi connectivity index (χ3n) is 12.4. The second kappa shape index (κ2) is 15.3. The summed E-state index contributed by atoms with van der Waals surface area (Å²) in [6, 6.07) is 20.4. The van der Waals surface area contributed by atoms with Crippen LogP contribution < -0.4 is 36.6 Å². The number of methoxy groups -OCH3 is 3. The molecule has 1 aliphatic carbocycles. The number of nitrogens with zero attached hydrogens (tertiary/aromatic N) is 6. The number of imide groups is 1. The molecule has 18 heteroatoms. The molecule has 6 aromatic rings. The van der Waals surface area contributed by atoms with Crippen LogP contribution in [0.2, 0.25) is 10.0 Å². The standard InChI is InChI=1S/C44H39Cl2N7O9/c1-49-35-22-37(62-4)36(61-3)21-33(35)47-32(40(49)56)16-17-50-42(58)51-18-15-28-34(53(51)43(50)59)20-29-39(55)52(48-31-14-9-25(45)19-30(31)46)41(57)44(29,24-7-12-27(60-2)13-8-24)38(28)23-5-10-26(54)11-6-23/h5-15,19,21-22,29,34,38,48,54H,16-18,20H2,1-4H3. The van der Waals surface area contributed by atoms with Crippen molar-refractivity contribution >= 4 is 51.7 Å². The molecule has 16 nitrogen and oxygen atoms in total. The molecule has 1 saturated carbocycles. The Morgan fingerprint density at radius 1 is 0.871 bits per heavy atom. The maximum absolute atomic E-state index is 15.4. The average Bonchev–Trinajstić information content (AvgIpc) is 3.65. The van der Waals surface area contributed by atoms with E-state index in [4.69, 9.17) is 37.4 Å². The molecule has 3 aliphatic rings. The number of hydrazine groups is 1. The molecule has 318 valence electrons. The maximum atomic E-state index is 15.4. The predicted octanol–water partition coefficient (Wildman–Crippen LogP) is 4.96. The summed E-state index contributed by atoms with van der Waals surface area (Å²) in [5.74, 6) is -1.79. The van der Waals surface area contributed by atoms with Crippen LogP contribution >= 0.6 is 23.2 Å². The van der Waals surface area contributed by atoms with E-state index in [9.17, 15) is 24.3 Å². The van der Waals surface area contributed by atoms with E-state index in [1.54, 1.807) is 67.7 Å². The van der Waals surface area contributed by atoms with Crippen LogP contribution in [0.25, 0.3) is 11.0 Å². The monoisotopic (exact) mass is 879 g/mol. The summed E-state index contributed by atoms with van der Waals surface area (Å²) in [4.78, 5) is 77.4. The highest BCUT2D eigenvalue weighted by molar-refractivity contribution is 6.36. The number of hydrogen-bond acceptors (Lipinski definition) is 11. The molecule has 2 aliphatic heterocycles. The fourth-order valence-corrected chi connectivity index (χ4v) is 9.93. The summed E-state index contributed by atoms with van der Waals surface area (Å²) in [6.45, 7) is -0.210. The number of phenolic OH excluding ortho intramolecular Hbond substituents is 1. The van der Waals surface area contributed by atoms with Crippen LogP contribution in [-0.4, -0.2) is 66.7 Å². The largest absolute Gasteiger partial charge is 0.508 e. The van der Waals surface area contributed by atoms with E-state index in [1.807, 2.05) is 6.08 Å². The second-order valence-electron chi connectivity index (χ2n) is 15.4. The Balaban J connectivity index is 1.17. The summed E-state index contributed by atoms with van der Waals surface area (Å²) >= 11 is 12.7. The van der Waals surface area contributed by atoms with Gasteiger partial charge in [-0.15, -0.1) is 0 Å². The van der Waals surface area contributed by atoms with Crippen LogP contribution in [0.3, 0.4) is 0 Å². The Kier molecular flexibility index (Phi) is 10.0. The van der Waals surface area contributed by atoms with Gasteiger partial charge in [0.2, 0.25) is 0 Å². The molecule has 62 heavy (non-hydrogen) atoms. The number of allylic oxidation sites excluding steroid dienone is 2. The van der Waals surface area contributed by atoms with E-state index in [0.717, 1.165) is 9.58 Å². The molecule has 9 rings (SSSR count). The SMILES string of the molecule is COc1ccc(C23C(=O)N(Nc4ccc(Cl)cc4Cl)C(=O)C2CC2C(=CCn4c(=O)n(CCc5nc6cc(OC)c(OC)cc6n(C)c5=O)c(=O)n42)C3c2ccc(O)cc2)cc1. The number of aromatic hydroxyl groups is 1. The second-order valence-corrected chi connectivity index (χ2v) is 16.2. The summed E-state index contributed by atoms with van der Waals surface area (Å²) in [6.07, 6.45) is 1.73. The van der Waals surface area contributed by atoms with Gasteiger partial charge in [-0.05, 0) is 65.6 Å². The van der Waals surface area contributed by atoms with Gasteiger partial charge in [-0.25, -0.2) is 28.5 Å². The summed E-state index contributed by atoms with van der Waals surface area (Å²) in [5, 5.41) is 11.9. The molecule has 4 unspecified atom stereocenters. The highest BCUT2D eigenvalue weighted by Crippen LogP contribution is 2.62. The Morgan fingerprint density at radius 2 is 1.58 bits per heavy atom. The number of aryl methyl sites for hydroxylation is 2. The van der Waals surface area contributed by atoms with Crippen molar-refractivity contribution < 1.29 is 28.9 Å². The minimum atomic E-state index is -1.60. The lowest BCUT2D eigenvalue weighted by Gasteiger charge is -2.49. The molecule has 2 N–H and O–H groups in total. The first-order valence-electron chi connectivity index (χ1n) is 19.6. The molecule has 2 amide bonds. The van der Waals surface area contributed by atoms with Gasteiger partial charge in [-0.2, -0.15) is 5.01 Å². The fourth-order valence-electron chi connectivity index (χ4n) is 9.48. The van der Waals surface area contributed by atoms with Crippen molar-refractivity contribution in [1.29, 1.82) is 0 Å². The van der Waals surface area contributed by atoms with Gasteiger partial charge in [0.25, 0.3) is 17.4 Å². The van der Waals surface area contributed by atoms with Gasteiger partial charge in [0.1, 0.15) is 17.2 Å². The van der Waals surface area contributed by atoms with Gasteiger partial charge in [0.05, 0.1) is 67.0 Å². The van der Waals surface area contributed by atoms with Crippen LogP contribution in [0.1, 0.15) is 35.2 Å². The van der Waals surface area contributed by atoms with Crippen LogP contribution in [0, 0.1) is 5.92 Å². The minimum Gasteiger partial charge on any atom is -0.508 e. The van der Waals surface area contributed by atoms with E-state index in [0.29, 0.717) is 50.0 Å². The van der Waals surface area contributed by atoms with E-state index in [-0.39, 0.29) is 48.1 Å². The Bertz CT molecular complexity index is 3050. The number of phenols is 1. The number of amides is 2. The smallest absolute Gasteiger partial charge is 0.347 e. The van der Waals surface area contributed by atoms with Crippen LogP contribution in [0.15, 0.2) is 105 Å². The summed E-state index contributed by atoms with van der Waals surface area (Å²) in [5.41, 5.74) is 2.76. The van der Waals surface area contributed by atoms with Gasteiger partial charge in [0.15, 0.2) is 11.5 Å². The third kappa shape index (κ3) is 6.10. The van der Waals surface area contributed by atoms with Gasteiger partial charge < -0.3 is 23.9 Å². The predicted molar refractivity (Wildman–Crippen MR) is 229 cm³/mol. The number of nitrogens with one attached hydrogen (secondary N) is 1. The van der Waals surface area contributed by atoms with E-state index in [2.05, 4.69) is 10.4 Å². The molecule has 4 atom stereocenters. The lowest BCUT2D eigenvalue weighted by molar-refractivity contribution is -0.138. The summed E-state index contributed by atoms with van der Waals surface area (Å²) < 4.78 is 21.5. The molecule has 4 aromatic carbocycles. The molecule has 2 fully saturated rings. The van der Waals surface area contributed by atoms with Crippen molar-refractivity contribution in [3.8, 4) is 23.0 Å². The first kappa shape index (κ1) is 40.6. The van der Waals surface area contributed by atoms with Crippen molar-refractivity contribution in [2.75, 3.05) is 26.8 Å². The van der Waals surface area contributed by atoms with Crippen molar-refractivity contribution in [3.63, 3.8) is 0 Å². The quantitative estimate of drug-likeness (QED) is 0.140. The maximum Gasteiger partial charge on any atom is 0.347 e. The average molecular weight is 881 g/mol. The normalized spacial score (nSPS) is 20.4. The first-order valence-corrected chi connectivity index (χ1v) is 20.3. The van der Waals surface area contributed by atoms with Crippen LogP contribution in [0.4, 0.5) is 5.69 Å².